The van der Waals surface area contributed by atoms with Crippen LogP contribution in [0.3, 0.4) is 0 Å². The lowest BCUT2D eigenvalue weighted by Gasteiger charge is -2.32. The number of nitro groups is 1. The molecular weight excluding hydrogens is 355 g/mol. The monoisotopic (exact) mass is 374 g/mol. The van der Waals surface area contributed by atoms with Crippen molar-refractivity contribution in [2.45, 2.75) is 31.8 Å². The average Bonchev–Trinajstić information content (AvgIpc) is 3.11. The summed E-state index contributed by atoms with van der Waals surface area (Å²) in [5, 5.41) is 23.0. The van der Waals surface area contributed by atoms with E-state index in [1.165, 1.54) is 6.07 Å². The fraction of sp³-hybridized carbons (Fsp3) is 0.471. The van der Waals surface area contributed by atoms with Crippen LogP contribution < -0.4 is 5.32 Å². The molecule has 1 fully saturated rings. The predicted octanol–water partition coefficient (Wildman–Crippen LogP) is 1.45. The van der Waals surface area contributed by atoms with Crippen LogP contribution in [0.25, 0.3) is 0 Å². The molecule has 1 aromatic heterocycles. The number of halogens is 1. The van der Waals surface area contributed by atoms with Gasteiger partial charge in [0, 0.05) is 32.1 Å². The van der Waals surface area contributed by atoms with E-state index in [9.17, 15) is 19.3 Å². The summed E-state index contributed by atoms with van der Waals surface area (Å²) in [6.45, 7) is 3.36. The highest BCUT2D eigenvalue weighted by atomic mass is 19.1. The van der Waals surface area contributed by atoms with Gasteiger partial charge in [-0.25, -0.2) is 4.39 Å². The predicted molar refractivity (Wildman–Crippen MR) is 92.7 cm³/mol. The molecule has 9 nitrogen and oxygen atoms in total. The number of nitro benzene ring substituents is 1. The van der Waals surface area contributed by atoms with E-state index in [-0.39, 0.29) is 11.5 Å². The highest BCUT2D eigenvalue weighted by Crippen LogP contribution is 2.30. The molecule has 0 aliphatic carbocycles. The lowest BCUT2D eigenvalue weighted by atomic mass is 9.95. The maximum absolute atomic E-state index is 13.3. The van der Waals surface area contributed by atoms with E-state index in [0.29, 0.717) is 32.5 Å². The van der Waals surface area contributed by atoms with Crippen molar-refractivity contribution < 1.29 is 14.1 Å². The third-order valence-electron chi connectivity index (χ3n) is 5.19. The first-order valence-corrected chi connectivity index (χ1v) is 8.90. The Labute approximate surface area is 154 Å². The molecule has 2 aromatic rings. The number of amides is 1. The largest absolute Gasteiger partial charge is 0.338 e. The molecule has 1 saturated heterocycles. The van der Waals surface area contributed by atoms with E-state index in [0.717, 1.165) is 36.9 Å². The van der Waals surface area contributed by atoms with Crippen molar-refractivity contribution in [1.29, 1.82) is 0 Å². The molecule has 2 aliphatic heterocycles. The maximum Gasteiger partial charge on any atom is 0.285 e. The van der Waals surface area contributed by atoms with E-state index < -0.39 is 22.3 Å². The second kappa shape index (κ2) is 7.03. The van der Waals surface area contributed by atoms with Crippen LogP contribution >= 0.6 is 0 Å². The molecule has 0 spiro atoms. The molecule has 0 bridgehead atoms. The first-order valence-electron chi connectivity index (χ1n) is 8.90. The number of nitrogens with zero attached hydrogens (tertiary/aromatic N) is 5. The minimum Gasteiger partial charge on any atom is -0.338 e. The normalized spacial score (nSPS) is 17.6. The van der Waals surface area contributed by atoms with Gasteiger partial charge in [-0.05, 0) is 25.0 Å². The molecule has 0 unspecified atom stereocenters. The summed E-state index contributed by atoms with van der Waals surface area (Å²) < 4.78 is 15.5. The fourth-order valence-corrected chi connectivity index (χ4v) is 3.76. The quantitative estimate of drug-likeness (QED) is 0.644. The topological polar surface area (TPSA) is 106 Å². The third-order valence-corrected chi connectivity index (χ3v) is 5.19. The summed E-state index contributed by atoms with van der Waals surface area (Å²) >= 11 is 0. The lowest BCUT2D eigenvalue weighted by Crippen LogP contribution is -2.39. The summed E-state index contributed by atoms with van der Waals surface area (Å²) in [5.74, 6) is 0.912. The number of aromatic nitrogens is 3. The Hall–Kier alpha value is -2.88. The Balaban J connectivity index is 1.48. The lowest BCUT2D eigenvalue weighted by molar-refractivity contribution is -0.385. The van der Waals surface area contributed by atoms with Gasteiger partial charge in [0.15, 0.2) is 0 Å². The smallest absolute Gasteiger partial charge is 0.285 e. The number of rotatable bonds is 3. The van der Waals surface area contributed by atoms with Crippen molar-refractivity contribution in [3.8, 4) is 0 Å². The number of piperidine rings is 1. The molecule has 3 heterocycles. The number of hydrogen-bond acceptors (Lipinski definition) is 6. The highest BCUT2D eigenvalue weighted by molar-refractivity contribution is 5.98. The molecule has 10 heteroatoms. The summed E-state index contributed by atoms with van der Waals surface area (Å²) in [6.07, 6.45) is 1.43. The Morgan fingerprint density at radius 1 is 1.26 bits per heavy atom. The molecule has 1 N–H and O–H groups in total. The highest BCUT2D eigenvalue weighted by Gasteiger charge is 2.31. The Morgan fingerprint density at radius 2 is 2.04 bits per heavy atom. The number of carbonyl (C=O) groups excluding carboxylic acids is 1. The van der Waals surface area contributed by atoms with E-state index in [2.05, 4.69) is 20.1 Å². The zero-order valence-corrected chi connectivity index (χ0v) is 14.6. The van der Waals surface area contributed by atoms with Crippen LogP contribution in [0.5, 0.6) is 0 Å². The summed E-state index contributed by atoms with van der Waals surface area (Å²) in [7, 11) is 0. The van der Waals surface area contributed by atoms with Gasteiger partial charge in [-0.3, -0.25) is 14.9 Å². The number of benzene rings is 1. The van der Waals surface area contributed by atoms with Gasteiger partial charge in [-0.1, -0.05) is 0 Å². The van der Waals surface area contributed by atoms with E-state index >= 15 is 0 Å². The van der Waals surface area contributed by atoms with Crippen LogP contribution in [0.4, 0.5) is 10.1 Å². The molecule has 0 radical (unpaired) electrons. The van der Waals surface area contributed by atoms with Crippen LogP contribution in [0, 0.1) is 15.9 Å². The molecule has 27 heavy (non-hydrogen) atoms. The van der Waals surface area contributed by atoms with Gasteiger partial charge in [0.05, 0.1) is 17.5 Å². The first-order chi connectivity index (χ1) is 13.0. The first kappa shape index (κ1) is 17.5. The second-order valence-corrected chi connectivity index (χ2v) is 6.79. The molecule has 0 atom stereocenters. The zero-order chi connectivity index (χ0) is 19.0. The van der Waals surface area contributed by atoms with Gasteiger partial charge in [0.1, 0.15) is 23.0 Å². The Morgan fingerprint density at radius 3 is 2.78 bits per heavy atom. The fourth-order valence-electron chi connectivity index (χ4n) is 3.76. The van der Waals surface area contributed by atoms with Gasteiger partial charge in [-0.15, -0.1) is 10.2 Å². The Bertz CT molecular complexity index is 891. The number of carbonyl (C=O) groups is 1. The molecule has 2 aliphatic rings. The molecule has 142 valence electrons. The van der Waals surface area contributed by atoms with Crippen molar-refractivity contribution in [1.82, 2.24) is 25.0 Å². The Kier molecular flexibility index (Phi) is 4.56. The number of hydrogen-bond donors (Lipinski definition) is 1. The molecular formula is C17H19FN6O3. The summed E-state index contributed by atoms with van der Waals surface area (Å²) in [4.78, 5) is 24.7. The summed E-state index contributed by atoms with van der Waals surface area (Å²) in [5.41, 5.74) is -0.577. The van der Waals surface area contributed by atoms with Crippen LogP contribution in [0.1, 0.15) is 40.8 Å². The average molecular weight is 374 g/mol. The van der Waals surface area contributed by atoms with Crippen LogP contribution in [0.2, 0.25) is 0 Å². The van der Waals surface area contributed by atoms with Gasteiger partial charge in [0.25, 0.3) is 11.6 Å². The standard InChI is InChI=1S/C17H19FN6O3/c18-12-1-2-13(14(9-12)24(26)27)17(25)22-6-3-11(4-7-22)16-21-20-15-10-19-5-8-23(15)16/h1-2,9,11,19H,3-8,10H2. The molecule has 1 amide bonds. The van der Waals surface area contributed by atoms with Gasteiger partial charge >= 0.3 is 0 Å². The molecule has 4 rings (SSSR count). The van der Waals surface area contributed by atoms with Gasteiger partial charge in [0.2, 0.25) is 0 Å². The van der Waals surface area contributed by atoms with Crippen molar-refractivity contribution >= 4 is 11.6 Å². The van der Waals surface area contributed by atoms with Gasteiger partial charge < -0.3 is 14.8 Å². The zero-order valence-electron chi connectivity index (χ0n) is 14.6. The van der Waals surface area contributed by atoms with Crippen LogP contribution in [-0.4, -0.2) is 50.1 Å². The minimum absolute atomic E-state index is 0.0780. The van der Waals surface area contributed by atoms with Gasteiger partial charge in [-0.2, -0.15) is 0 Å². The maximum atomic E-state index is 13.3. The third kappa shape index (κ3) is 3.27. The molecule has 1 aromatic carbocycles. The van der Waals surface area contributed by atoms with E-state index in [1.807, 2.05) is 0 Å². The van der Waals surface area contributed by atoms with Crippen LogP contribution in [-0.2, 0) is 13.1 Å². The number of fused-ring (bicyclic) bond motifs is 1. The van der Waals surface area contributed by atoms with Crippen molar-refractivity contribution in [2.24, 2.45) is 0 Å². The number of likely N-dealkylation sites (tertiary alicyclic amines) is 1. The van der Waals surface area contributed by atoms with Crippen molar-refractivity contribution in [2.75, 3.05) is 19.6 Å². The van der Waals surface area contributed by atoms with E-state index in [1.54, 1.807) is 4.90 Å². The number of nitrogens with one attached hydrogen (secondary N) is 1. The van der Waals surface area contributed by atoms with Crippen molar-refractivity contribution in [3.05, 3.63) is 51.3 Å². The molecule has 0 saturated carbocycles. The summed E-state index contributed by atoms with van der Waals surface area (Å²) in [6, 6.07) is 3.05. The van der Waals surface area contributed by atoms with Crippen molar-refractivity contribution in [3.63, 3.8) is 0 Å². The van der Waals surface area contributed by atoms with E-state index in [4.69, 9.17) is 0 Å². The SMILES string of the molecule is O=C(c1ccc(F)cc1[N+](=O)[O-])N1CCC(c2nnc3n2CCNC3)CC1. The second-order valence-electron chi connectivity index (χ2n) is 6.79. The minimum atomic E-state index is -0.733. The van der Waals surface area contributed by atoms with Crippen LogP contribution in [0.15, 0.2) is 18.2 Å².